The smallest absolute Gasteiger partial charge is 0.239 e. The fourth-order valence-corrected chi connectivity index (χ4v) is 3.18. The van der Waals surface area contributed by atoms with Gasteiger partial charge in [-0.15, -0.1) is 12.4 Å². The lowest BCUT2D eigenvalue weighted by molar-refractivity contribution is -0.126. The number of amides is 1. The number of hydrogen-bond acceptors (Lipinski definition) is 3. The molecule has 3 N–H and O–H groups in total. The van der Waals surface area contributed by atoms with E-state index in [0.717, 1.165) is 31.8 Å². The van der Waals surface area contributed by atoms with Crippen molar-refractivity contribution in [1.29, 1.82) is 0 Å². The van der Waals surface area contributed by atoms with Crippen LogP contribution in [0.2, 0.25) is 0 Å². The van der Waals surface area contributed by atoms with Crippen molar-refractivity contribution in [3.8, 4) is 0 Å². The number of nitrogens with one attached hydrogen (secondary N) is 1. The first-order valence-corrected chi connectivity index (χ1v) is 8.59. The van der Waals surface area contributed by atoms with E-state index in [1.807, 2.05) is 6.92 Å². The Bertz CT molecular complexity index is 326. The molecule has 2 atom stereocenters. The molecule has 0 aliphatic carbocycles. The summed E-state index contributed by atoms with van der Waals surface area (Å²) in [5.74, 6) is 1.36. The molecule has 132 valence electrons. The summed E-state index contributed by atoms with van der Waals surface area (Å²) in [6, 6.07) is 0.416. The molecule has 1 fully saturated rings. The predicted molar refractivity (Wildman–Crippen MR) is 96.4 cm³/mol. The lowest BCUT2D eigenvalue weighted by Crippen LogP contribution is -2.56. The molecule has 22 heavy (non-hydrogen) atoms. The first-order chi connectivity index (χ1) is 9.77. The van der Waals surface area contributed by atoms with Crippen molar-refractivity contribution in [3.63, 3.8) is 0 Å². The SMILES string of the molecule is CCCC(C)(N)C(=O)NCC(C(C)C)N1CCC(C)CC1.Cl. The molecule has 0 aromatic heterocycles. The second-order valence-corrected chi connectivity index (χ2v) is 7.41. The van der Waals surface area contributed by atoms with Gasteiger partial charge >= 0.3 is 0 Å². The minimum atomic E-state index is -0.743. The monoisotopic (exact) mass is 333 g/mol. The Labute approximate surface area is 143 Å². The highest BCUT2D eigenvalue weighted by Gasteiger charge is 2.30. The summed E-state index contributed by atoms with van der Waals surface area (Å²) in [6.45, 7) is 13.7. The van der Waals surface area contributed by atoms with Gasteiger partial charge in [0.2, 0.25) is 5.91 Å². The Morgan fingerprint density at radius 2 is 1.91 bits per heavy atom. The summed E-state index contributed by atoms with van der Waals surface area (Å²) < 4.78 is 0. The molecule has 1 heterocycles. The number of carbonyl (C=O) groups is 1. The zero-order valence-electron chi connectivity index (χ0n) is 15.0. The van der Waals surface area contributed by atoms with Crippen LogP contribution in [0.25, 0.3) is 0 Å². The Hall–Kier alpha value is -0.320. The van der Waals surface area contributed by atoms with Crippen LogP contribution in [0.5, 0.6) is 0 Å². The molecule has 1 rings (SSSR count). The summed E-state index contributed by atoms with van der Waals surface area (Å²) in [4.78, 5) is 14.8. The van der Waals surface area contributed by atoms with Crippen LogP contribution >= 0.6 is 12.4 Å². The maximum atomic E-state index is 12.3. The van der Waals surface area contributed by atoms with E-state index in [4.69, 9.17) is 5.73 Å². The topological polar surface area (TPSA) is 58.4 Å². The fourth-order valence-electron chi connectivity index (χ4n) is 3.18. The van der Waals surface area contributed by atoms with Crippen molar-refractivity contribution in [3.05, 3.63) is 0 Å². The molecule has 0 radical (unpaired) electrons. The minimum Gasteiger partial charge on any atom is -0.353 e. The molecular formula is C17H36ClN3O. The molecule has 0 spiro atoms. The molecule has 0 aromatic rings. The van der Waals surface area contributed by atoms with E-state index in [1.54, 1.807) is 0 Å². The van der Waals surface area contributed by atoms with Crippen LogP contribution in [0.3, 0.4) is 0 Å². The molecule has 1 saturated heterocycles. The van der Waals surface area contributed by atoms with E-state index in [-0.39, 0.29) is 18.3 Å². The number of nitrogens with two attached hydrogens (primary N) is 1. The predicted octanol–water partition coefficient (Wildman–Crippen LogP) is 2.80. The highest BCUT2D eigenvalue weighted by molar-refractivity contribution is 5.85. The third kappa shape index (κ3) is 6.43. The van der Waals surface area contributed by atoms with Gasteiger partial charge in [-0.05, 0) is 51.1 Å². The summed E-state index contributed by atoms with van der Waals surface area (Å²) >= 11 is 0. The van der Waals surface area contributed by atoms with E-state index in [9.17, 15) is 4.79 Å². The lowest BCUT2D eigenvalue weighted by Gasteiger charge is -2.39. The maximum Gasteiger partial charge on any atom is 0.239 e. The van der Waals surface area contributed by atoms with Gasteiger partial charge in [-0.3, -0.25) is 9.69 Å². The van der Waals surface area contributed by atoms with Crippen molar-refractivity contribution in [1.82, 2.24) is 10.2 Å². The van der Waals surface area contributed by atoms with Crippen molar-refractivity contribution >= 4 is 18.3 Å². The van der Waals surface area contributed by atoms with E-state index >= 15 is 0 Å². The Balaban J connectivity index is 0.00000441. The molecule has 1 amide bonds. The highest BCUT2D eigenvalue weighted by Crippen LogP contribution is 2.21. The van der Waals surface area contributed by atoms with Gasteiger partial charge in [-0.2, -0.15) is 0 Å². The van der Waals surface area contributed by atoms with Crippen molar-refractivity contribution < 1.29 is 4.79 Å². The second kappa shape index (κ2) is 9.74. The van der Waals surface area contributed by atoms with Gasteiger partial charge in [-0.25, -0.2) is 0 Å². The van der Waals surface area contributed by atoms with Crippen molar-refractivity contribution in [2.24, 2.45) is 17.6 Å². The van der Waals surface area contributed by atoms with Crippen LogP contribution in [0.1, 0.15) is 60.3 Å². The number of hydrogen-bond donors (Lipinski definition) is 2. The van der Waals surface area contributed by atoms with E-state index in [0.29, 0.717) is 18.5 Å². The van der Waals surface area contributed by atoms with Gasteiger partial charge in [0.25, 0.3) is 0 Å². The van der Waals surface area contributed by atoms with Crippen LogP contribution < -0.4 is 11.1 Å². The van der Waals surface area contributed by atoms with E-state index in [2.05, 4.69) is 37.9 Å². The van der Waals surface area contributed by atoms with E-state index < -0.39 is 5.54 Å². The molecule has 0 aromatic carbocycles. The molecular weight excluding hydrogens is 298 g/mol. The zero-order valence-corrected chi connectivity index (χ0v) is 15.8. The minimum absolute atomic E-state index is 0. The number of halogens is 1. The lowest BCUT2D eigenvalue weighted by atomic mass is 9.93. The van der Waals surface area contributed by atoms with Gasteiger partial charge < -0.3 is 11.1 Å². The van der Waals surface area contributed by atoms with Crippen LogP contribution in [0.4, 0.5) is 0 Å². The highest BCUT2D eigenvalue weighted by atomic mass is 35.5. The molecule has 1 aliphatic rings. The summed E-state index contributed by atoms with van der Waals surface area (Å²) in [6.07, 6.45) is 4.19. The first-order valence-electron chi connectivity index (χ1n) is 8.59. The fraction of sp³-hybridized carbons (Fsp3) is 0.941. The summed E-state index contributed by atoms with van der Waals surface area (Å²) in [7, 11) is 0. The number of likely N-dealkylation sites (tertiary alicyclic amines) is 1. The maximum absolute atomic E-state index is 12.3. The molecule has 5 heteroatoms. The Morgan fingerprint density at radius 3 is 2.36 bits per heavy atom. The van der Waals surface area contributed by atoms with Crippen molar-refractivity contribution in [2.45, 2.75) is 71.9 Å². The van der Waals surface area contributed by atoms with Gasteiger partial charge in [0, 0.05) is 12.6 Å². The number of rotatable bonds is 7. The largest absolute Gasteiger partial charge is 0.353 e. The average molecular weight is 334 g/mol. The first kappa shape index (κ1) is 21.7. The molecule has 0 bridgehead atoms. The molecule has 0 saturated carbocycles. The number of nitrogens with zero attached hydrogens (tertiary/aromatic N) is 1. The van der Waals surface area contributed by atoms with Gasteiger partial charge in [0.05, 0.1) is 5.54 Å². The normalized spacial score (nSPS) is 21.0. The van der Waals surface area contributed by atoms with Crippen LogP contribution in [0, 0.1) is 11.8 Å². The Kier molecular flexibility index (Phi) is 9.60. The molecule has 4 nitrogen and oxygen atoms in total. The quantitative estimate of drug-likeness (QED) is 0.753. The average Bonchev–Trinajstić information content (AvgIpc) is 2.40. The zero-order chi connectivity index (χ0) is 16.0. The third-order valence-corrected chi connectivity index (χ3v) is 4.82. The van der Waals surface area contributed by atoms with Gasteiger partial charge in [0.15, 0.2) is 0 Å². The standard InChI is InChI=1S/C17H35N3O.ClH/c1-6-9-17(5,18)16(21)19-12-15(13(2)3)20-10-7-14(4)8-11-20;/h13-15H,6-12,18H2,1-5H3,(H,19,21);1H. The third-order valence-electron chi connectivity index (χ3n) is 4.82. The van der Waals surface area contributed by atoms with Gasteiger partial charge in [-0.1, -0.05) is 34.1 Å². The summed E-state index contributed by atoms with van der Waals surface area (Å²) in [5, 5.41) is 3.09. The molecule has 1 aliphatic heterocycles. The summed E-state index contributed by atoms with van der Waals surface area (Å²) in [5.41, 5.74) is 5.36. The number of carbonyl (C=O) groups excluding carboxylic acids is 1. The van der Waals surface area contributed by atoms with Crippen molar-refractivity contribution in [2.75, 3.05) is 19.6 Å². The second-order valence-electron chi connectivity index (χ2n) is 7.41. The Morgan fingerprint density at radius 1 is 1.36 bits per heavy atom. The van der Waals surface area contributed by atoms with Gasteiger partial charge in [0.1, 0.15) is 0 Å². The van der Waals surface area contributed by atoms with Crippen LogP contribution in [-0.2, 0) is 4.79 Å². The van der Waals surface area contributed by atoms with E-state index in [1.165, 1.54) is 12.8 Å². The van der Waals surface area contributed by atoms with Crippen LogP contribution in [-0.4, -0.2) is 42.0 Å². The van der Waals surface area contributed by atoms with Crippen LogP contribution in [0.15, 0.2) is 0 Å². The molecule has 2 unspecified atom stereocenters. The number of piperidine rings is 1.